The van der Waals surface area contributed by atoms with Crippen molar-refractivity contribution >= 4 is 0 Å². The van der Waals surface area contributed by atoms with E-state index in [0.29, 0.717) is 0 Å². The van der Waals surface area contributed by atoms with E-state index in [2.05, 4.69) is 4.98 Å². The van der Waals surface area contributed by atoms with Gasteiger partial charge in [0.05, 0.1) is 6.10 Å². The zero-order valence-corrected chi connectivity index (χ0v) is 7.16. The molecule has 0 saturated heterocycles. The molecule has 0 atom stereocenters. The highest BCUT2D eigenvalue weighted by Crippen LogP contribution is 2.15. The zero-order chi connectivity index (χ0) is 8.27. The van der Waals surface area contributed by atoms with Gasteiger partial charge in [0.25, 0.3) is 0 Å². The molecule has 60 valence electrons. The van der Waals surface area contributed by atoms with Crippen molar-refractivity contribution < 1.29 is 4.74 Å². The topological polar surface area (TPSA) is 22.1 Å². The Labute approximate surface area is 67.2 Å². The van der Waals surface area contributed by atoms with E-state index >= 15 is 0 Å². The summed E-state index contributed by atoms with van der Waals surface area (Å²) in [6, 6.07) is 1.88. The number of hydrogen-bond acceptors (Lipinski definition) is 2. The van der Waals surface area contributed by atoms with Gasteiger partial charge in [-0.3, -0.25) is 4.98 Å². The van der Waals surface area contributed by atoms with E-state index in [1.165, 1.54) is 0 Å². The van der Waals surface area contributed by atoms with Gasteiger partial charge in [-0.05, 0) is 26.8 Å². The largest absolute Gasteiger partial charge is 0.491 e. The van der Waals surface area contributed by atoms with Crippen LogP contribution in [0.4, 0.5) is 0 Å². The molecule has 0 spiro atoms. The zero-order valence-electron chi connectivity index (χ0n) is 7.16. The van der Waals surface area contributed by atoms with Crippen molar-refractivity contribution in [2.24, 2.45) is 0 Å². The first-order valence-electron chi connectivity index (χ1n) is 3.77. The van der Waals surface area contributed by atoms with Gasteiger partial charge in [-0.15, -0.1) is 0 Å². The van der Waals surface area contributed by atoms with Crippen molar-refractivity contribution in [2.45, 2.75) is 26.9 Å². The van der Waals surface area contributed by atoms with Crippen LogP contribution in [0.2, 0.25) is 0 Å². The normalized spacial score (nSPS) is 10.2. The summed E-state index contributed by atoms with van der Waals surface area (Å²) in [5, 5.41) is 0. The van der Waals surface area contributed by atoms with Crippen LogP contribution in [-0.2, 0) is 0 Å². The number of hydrogen-bond donors (Lipinski definition) is 0. The quantitative estimate of drug-likeness (QED) is 0.646. The highest BCUT2D eigenvalue weighted by atomic mass is 16.5. The minimum Gasteiger partial charge on any atom is -0.491 e. The van der Waals surface area contributed by atoms with Crippen molar-refractivity contribution in [3.05, 3.63) is 24.0 Å². The molecule has 11 heavy (non-hydrogen) atoms. The van der Waals surface area contributed by atoms with E-state index < -0.39 is 0 Å². The second-order valence-corrected chi connectivity index (χ2v) is 2.81. The minimum atomic E-state index is 0.232. The molecular weight excluding hydrogens is 138 g/mol. The third-order valence-electron chi connectivity index (χ3n) is 1.33. The lowest BCUT2D eigenvalue weighted by Gasteiger charge is -2.10. The summed E-state index contributed by atoms with van der Waals surface area (Å²) < 4.78 is 5.50. The first-order valence-corrected chi connectivity index (χ1v) is 3.77. The fourth-order valence-corrected chi connectivity index (χ4v) is 0.847. The molecule has 1 heterocycles. The van der Waals surface area contributed by atoms with Gasteiger partial charge < -0.3 is 4.74 Å². The van der Waals surface area contributed by atoms with Crippen molar-refractivity contribution in [1.82, 2.24) is 4.98 Å². The number of nitrogens with zero attached hydrogens (tertiary/aromatic N) is 1. The van der Waals surface area contributed by atoms with Gasteiger partial charge in [-0.2, -0.15) is 0 Å². The van der Waals surface area contributed by atoms with E-state index in [1.54, 1.807) is 12.4 Å². The van der Waals surface area contributed by atoms with Crippen molar-refractivity contribution in [3.63, 3.8) is 0 Å². The maximum atomic E-state index is 5.50. The summed E-state index contributed by atoms with van der Waals surface area (Å²) in [4.78, 5) is 3.97. The van der Waals surface area contributed by atoms with Crippen LogP contribution in [0.5, 0.6) is 5.75 Å². The van der Waals surface area contributed by atoms with Crippen LogP contribution in [0.15, 0.2) is 18.5 Å². The van der Waals surface area contributed by atoms with Crippen LogP contribution in [0.25, 0.3) is 0 Å². The maximum absolute atomic E-state index is 5.50. The molecule has 0 amide bonds. The Kier molecular flexibility index (Phi) is 2.47. The Morgan fingerprint density at radius 1 is 1.45 bits per heavy atom. The third-order valence-corrected chi connectivity index (χ3v) is 1.33. The standard InChI is InChI=1S/C9H13NO/c1-7(2)11-9-4-5-10-6-8(9)3/h4-7H,1-3H3. The van der Waals surface area contributed by atoms with E-state index in [0.717, 1.165) is 11.3 Å². The van der Waals surface area contributed by atoms with Crippen molar-refractivity contribution in [1.29, 1.82) is 0 Å². The fraction of sp³-hybridized carbons (Fsp3) is 0.444. The Hall–Kier alpha value is -1.05. The lowest BCUT2D eigenvalue weighted by molar-refractivity contribution is 0.240. The highest BCUT2D eigenvalue weighted by molar-refractivity contribution is 5.28. The predicted molar refractivity (Wildman–Crippen MR) is 44.7 cm³/mol. The van der Waals surface area contributed by atoms with Gasteiger partial charge in [0.1, 0.15) is 5.75 Å². The Bertz CT molecular complexity index is 233. The number of aryl methyl sites for hydroxylation is 1. The Morgan fingerprint density at radius 3 is 2.73 bits per heavy atom. The summed E-state index contributed by atoms with van der Waals surface area (Å²) in [5.74, 6) is 0.926. The number of rotatable bonds is 2. The molecule has 0 unspecified atom stereocenters. The second kappa shape index (κ2) is 3.37. The molecule has 0 aromatic carbocycles. The second-order valence-electron chi connectivity index (χ2n) is 2.81. The third kappa shape index (κ3) is 2.22. The summed E-state index contributed by atoms with van der Waals surface area (Å²) in [5.41, 5.74) is 1.08. The van der Waals surface area contributed by atoms with E-state index in [-0.39, 0.29) is 6.10 Å². The molecule has 1 aromatic heterocycles. The Morgan fingerprint density at radius 2 is 2.18 bits per heavy atom. The first-order chi connectivity index (χ1) is 5.20. The number of aromatic nitrogens is 1. The Balaban J connectivity index is 2.78. The smallest absolute Gasteiger partial charge is 0.125 e. The highest BCUT2D eigenvalue weighted by Gasteiger charge is 1.99. The molecule has 1 rings (SSSR count). The minimum absolute atomic E-state index is 0.232. The van der Waals surface area contributed by atoms with Gasteiger partial charge in [0, 0.05) is 18.0 Å². The van der Waals surface area contributed by atoms with Crippen LogP contribution in [0.3, 0.4) is 0 Å². The SMILES string of the molecule is Cc1cnccc1OC(C)C. The molecule has 0 radical (unpaired) electrons. The molecule has 0 aliphatic rings. The van der Waals surface area contributed by atoms with E-state index in [1.807, 2.05) is 26.8 Å². The number of ether oxygens (including phenoxy) is 1. The van der Waals surface area contributed by atoms with Crippen molar-refractivity contribution in [2.75, 3.05) is 0 Å². The molecule has 0 aliphatic heterocycles. The first kappa shape index (κ1) is 8.05. The van der Waals surface area contributed by atoms with Gasteiger partial charge >= 0.3 is 0 Å². The average molecular weight is 151 g/mol. The van der Waals surface area contributed by atoms with E-state index in [9.17, 15) is 0 Å². The summed E-state index contributed by atoms with van der Waals surface area (Å²) >= 11 is 0. The van der Waals surface area contributed by atoms with Gasteiger partial charge in [-0.25, -0.2) is 0 Å². The lowest BCUT2D eigenvalue weighted by atomic mass is 10.3. The molecule has 0 N–H and O–H groups in total. The molecule has 1 aromatic rings. The fourth-order valence-electron chi connectivity index (χ4n) is 0.847. The summed E-state index contributed by atoms with van der Waals surface area (Å²) in [6.07, 6.45) is 3.78. The van der Waals surface area contributed by atoms with E-state index in [4.69, 9.17) is 4.74 Å². The van der Waals surface area contributed by atoms with Crippen LogP contribution in [0, 0.1) is 6.92 Å². The average Bonchev–Trinajstić information content (AvgIpc) is 1.93. The molecular formula is C9H13NO. The monoisotopic (exact) mass is 151 g/mol. The van der Waals surface area contributed by atoms with Gasteiger partial charge in [-0.1, -0.05) is 0 Å². The van der Waals surface area contributed by atoms with Crippen LogP contribution < -0.4 is 4.74 Å². The van der Waals surface area contributed by atoms with Crippen LogP contribution in [-0.4, -0.2) is 11.1 Å². The molecule has 2 nitrogen and oxygen atoms in total. The van der Waals surface area contributed by atoms with Gasteiger partial charge in [0.2, 0.25) is 0 Å². The number of pyridine rings is 1. The van der Waals surface area contributed by atoms with Gasteiger partial charge in [0.15, 0.2) is 0 Å². The summed E-state index contributed by atoms with van der Waals surface area (Å²) in [6.45, 7) is 6.02. The lowest BCUT2D eigenvalue weighted by Crippen LogP contribution is -2.06. The maximum Gasteiger partial charge on any atom is 0.125 e. The molecule has 0 saturated carbocycles. The predicted octanol–water partition coefficient (Wildman–Crippen LogP) is 2.18. The molecule has 2 heteroatoms. The molecule has 0 bridgehead atoms. The van der Waals surface area contributed by atoms with Crippen molar-refractivity contribution in [3.8, 4) is 5.75 Å². The van der Waals surface area contributed by atoms with Crippen LogP contribution >= 0.6 is 0 Å². The molecule has 0 fully saturated rings. The molecule has 0 aliphatic carbocycles. The summed E-state index contributed by atoms with van der Waals surface area (Å²) in [7, 11) is 0. The van der Waals surface area contributed by atoms with Crippen LogP contribution in [0.1, 0.15) is 19.4 Å².